The number of ketones is 1. The Bertz CT molecular complexity index is 134. The van der Waals surface area contributed by atoms with Crippen LogP contribution in [0, 0.1) is 6.92 Å². The second-order valence-electron chi connectivity index (χ2n) is 3.43. The van der Waals surface area contributed by atoms with E-state index >= 15 is 0 Å². The molecule has 1 radical (unpaired) electrons. The molecule has 0 aliphatic rings. The topological polar surface area (TPSA) is 17.1 Å². The Labute approximate surface area is 87.7 Å². The first-order valence-corrected chi connectivity index (χ1v) is 5.74. The summed E-state index contributed by atoms with van der Waals surface area (Å²) in [7, 11) is 0. The third kappa shape index (κ3) is 7.12. The number of unbranched alkanes of at least 4 members (excludes halogenated alkanes) is 4. The van der Waals surface area contributed by atoms with E-state index < -0.39 is 0 Å². The third-order valence-corrected chi connectivity index (χ3v) is 2.72. The molecule has 0 fully saturated rings. The summed E-state index contributed by atoms with van der Waals surface area (Å²) >= 11 is 4.16. The van der Waals surface area contributed by atoms with Crippen molar-refractivity contribution in [3.63, 3.8) is 0 Å². The van der Waals surface area contributed by atoms with Crippen LogP contribution in [0.4, 0.5) is 0 Å². The maximum atomic E-state index is 11.3. The summed E-state index contributed by atoms with van der Waals surface area (Å²) in [5.74, 6) is 0.259. The number of Topliss-reactive ketones (excluding diaryl/α,β-unsaturated/α-hetero) is 1. The second kappa shape index (κ2) is 8.61. The molecule has 0 amide bonds. The summed E-state index contributed by atoms with van der Waals surface area (Å²) in [6.07, 6.45) is 7.29. The van der Waals surface area contributed by atoms with Gasteiger partial charge in [0.25, 0.3) is 0 Å². The molecule has 0 aromatic rings. The van der Waals surface area contributed by atoms with Crippen LogP contribution in [-0.2, 0) is 4.79 Å². The van der Waals surface area contributed by atoms with Crippen molar-refractivity contribution >= 4 is 18.4 Å². The van der Waals surface area contributed by atoms with Gasteiger partial charge in [-0.1, -0.05) is 39.5 Å². The van der Waals surface area contributed by atoms with Crippen LogP contribution in [0.1, 0.15) is 51.9 Å². The van der Waals surface area contributed by atoms with Crippen molar-refractivity contribution in [2.45, 2.75) is 57.1 Å². The largest absolute Gasteiger partial charge is 0.298 e. The van der Waals surface area contributed by atoms with Gasteiger partial charge in [-0.15, -0.1) is 0 Å². The maximum absolute atomic E-state index is 11.3. The highest BCUT2D eigenvalue weighted by atomic mass is 32.1. The number of rotatable bonds is 8. The highest BCUT2D eigenvalue weighted by Crippen LogP contribution is 2.10. The monoisotopic (exact) mass is 201 g/mol. The van der Waals surface area contributed by atoms with E-state index in [1.54, 1.807) is 0 Å². The Balaban J connectivity index is 3.27. The summed E-state index contributed by atoms with van der Waals surface area (Å²) in [5.41, 5.74) is 0. The lowest BCUT2D eigenvalue weighted by molar-refractivity contribution is -0.118. The van der Waals surface area contributed by atoms with Crippen molar-refractivity contribution in [1.82, 2.24) is 0 Å². The molecule has 0 spiro atoms. The number of carbonyl (C=O) groups excluding carboxylic acids is 1. The van der Waals surface area contributed by atoms with Crippen LogP contribution >= 0.6 is 12.6 Å². The number of hydrogen-bond donors (Lipinski definition) is 1. The average molecular weight is 201 g/mol. The molecule has 0 heterocycles. The summed E-state index contributed by atoms with van der Waals surface area (Å²) in [4.78, 5) is 11.3. The molecule has 2 heteroatoms. The van der Waals surface area contributed by atoms with Gasteiger partial charge < -0.3 is 0 Å². The molecule has 0 aromatic heterocycles. The quantitative estimate of drug-likeness (QED) is 0.470. The van der Waals surface area contributed by atoms with Gasteiger partial charge in [0.15, 0.2) is 0 Å². The highest BCUT2D eigenvalue weighted by Gasteiger charge is 2.09. The fourth-order valence-electron chi connectivity index (χ4n) is 1.23. The summed E-state index contributed by atoms with van der Waals surface area (Å²) in [6, 6.07) is 0. The van der Waals surface area contributed by atoms with Crippen molar-refractivity contribution in [2.75, 3.05) is 0 Å². The number of hydrogen-bond acceptors (Lipinski definition) is 2. The van der Waals surface area contributed by atoms with Crippen molar-refractivity contribution in [1.29, 1.82) is 0 Å². The fraction of sp³-hybridized carbons (Fsp3) is 0.818. The van der Waals surface area contributed by atoms with E-state index in [0.29, 0.717) is 12.8 Å². The molecule has 1 unspecified atom stereocenters. The first-order chi connectivity index (χ1) is 6.22. The van der Waals surface area contributed by atoms with Gasteiger partial charge in [0.2, 0.25) is 0 Å². The van der Waals surface area contributed by atoms with E-state index in [9.17, 15) is 4.79 Å². The molecule has 13 heavy (non-hydrogen) atoms. The van der Waals surface area contributed by atoms with Gasteiger partial charge in [0, 0.05) is 6.42 Å². The van der Waals surface area contributed by atoms with Gasteiger partial charge in [-0.05, 0) is 12.8 Å². The first kappa shape index (κ1) is 13.0. The molecule has 0 aromatic carbocycles. The predicted octanol–water partition coefficient (Wildman–Crippen LogP) is 3.44. The van der Waals surface area contributed by atoms with Gasteiger partial charge in [0.05, 0.1) is 5.25 Å². The molecule has 1 atom stereocenters. The van der Waals surface area contributed by atoms with E-state index in [2.05, 4.69) is 26.5 Å². The van der Waals surface area contributed by atoms with Crippen LogP contribution in [0.3, 0.4) is 0 Å². The molecular formula is C11H21OS. The molecule has 77 valence electrons. The second-order valence-corrected chi connectivity index (χ2v) is 4.06. The lowest BCUT2D eigenvalue weighted by atomic mass is 10.1. The zero-order valence-corrected chi connectivity index (χ0v) is 9.48. The normalized spacial score (nSPS) is 12.8. The molecule has 0 saturated heterocycles. The number of thiol groups is 1. The molecule has 0 saturated carbocycles. The van der Waals surface area contributed by atoms with Crippen LogP contribution < -0.4 is 0 Å². The lowest BCUT2D eigenvalue weighted by Crippen LogP contribution is -2.12. The Morgan fingerprint density at radius 1 is 1.31 bits per heavy atom. The Hall–Kier alpha value is 0.0200. The Morgan fingerprint density at radius 3 is 2.46 bits per heavy atom. The molecule has 0 aliphatic carbocycles. The van der Waals surface area contributed by atoms with E-state index in [1.807, 2.05) is 0 Å². The van der Waals surface area contributed by atoms with Crippen LogP contribution in [0.25, 0.3) is 0 Å². The summed E-state index contributed by atoms with van der Waals surface area (Å²) in [6.45, 7) is 5.86. The fourth-order valence-corrected chi connectivity index (χ4v) is 1.36. The van der Waals surface area contributed by atoms with Crippen LogP contribution in [0.15, 0.2) is 0 Å². The van der Waals surface area contributed by atoms with Gasteiger partial charge in [-0.3, -0.25) is 4.79 Å². The predicted molar refractivity (Wildman–Crippen MR) is 61.1 cm³/mol. The molecule has 1 nitrogen and oxygen atoms in total. The average Bonchev–Trinajstić information content (AvgIpc) is 2.16. The zero-order valence-electron chi connectivity index (χ0n) is 8.59. The van der Waals surface area contributed by atoms with Crippen molar-refractivity contribution in [3.8, 4) is 0 Å². The van der Waals surface area contributed by atoms with E-state index in [1.165, 1.54) is 25.7 Å². The van der Waals surface area contributed by atoms with E-state index in [-0.39, 0.29) is 11.0 Å². The Kier molecular flexibility index (Phi) is 8.62. The molecular weight excluding hydrogens is 180 g/mol. The highest BCUT2D eigenvalue weighted by molar-refractivity contribution is 7.81. The molecule has 0 bridgehead atoms. The molecule has 0 aliphatic heterocycles. The number of carbonyl (C=O) groups is 1. The van der Waals surface area contributed by atoms with Gasteiger partial charge >= 0.3 is 0 Å². The van der Waals surface area contributed by atoms with Crippen molar-refractivity contribution in [2.24, 2.45) is 0 Å². The maximum Gasteiger partial charge on any atom is 0.145 e. The molecule has 0 N–H and O–H groups in total. The lowest BCUT2D eigenvalue weighted by Gasteiger charge is -2.05. The minimum atomic E-state index is -0.133. The van der Waals surface area contributed by atoms with E-state index in [4.69, 9.17) is 0 Å². The first-order valence-electron chi connectivity index (χ1n) is 5.22. The zero-order chi connectivity index (χ0) is 10.1. The van der Waals surface area contributed by atoms with Crippen LogP contribution in [-0.4, -0.2) is 11.0 Å². The van der Waals surface area contributed by atoms with E-state index in [0.717, 1.165) is 6.42 Å². The van der Waals surface area contributed by atoms with Crippen LogP contribution in [0.2, 0.25) is 0 Å². The van der Waals surface area contributed by atoms with Gasteiger partial charge in [0.1, 0.15) is 5.78 Å². The van der Waals surface area contributed by atoms with Gasteiger partial charge in [-0.2, -0.15) is 12.6 Å². The minimum absolute atomic E-state index is 0.133. The standard InChI is InChI=1S/C11H21OS/c1-3-5-6-7-8-9-10(12)11(13)4-2/h11,13H,2-9H2,1H3. The summed E-state index contributed by atoms with van der Waals surface area (Å²) < 4.78 is 0. The minimum Gasteiger partial charge on any atom is -0.298 e. The van der Waals surface area contributed by atoms with Gasteiger partial charge in [-0.25, -0.2) is 0 Å². The Morgan fingerprint density at radius 2 is 1.92 bits per heavy atom. The summed E-state index contributed by atoms with van der Waals surface area (Å²) in [5, 5.41) is -0.133. The smallest absolute Gasteiger partial charge is 0.145 e. The SMILES string of the molecule is [CH2]CC(S)C(=O)CCCCCCC. The van der Waals surface area contributed by atoms with Crippen molar-refractivity contribution in [3.05, 3.63) is 6.92 Å². The third-order valence-electron chi connectivity index (χ3n) is 2.17. The van der Waals surface area contributed by atoms with Crippen LogP contribution in [0.5, 0.6) is 0 Å². The molecule has 0 rings (SSSR count). The van der Waals surface area contributed by atoms with Crippen molar-refractivity contribution < 1.29 is 4.79 Å².